The van der Waals surface area contributed by atoms with Crippen LogP contribution in [0.25, 0.3) is 0 Å². The summed E-state index contributed by atoms with van der Waals surface area (Å²) in [6.07, 6.45) is 4.64. The number of aromatic nitrogens is 2. The highest BCUT2D eigenvalue weighted by Crippen LogP contribution is 2.47. The van der Waals surface area contributed by atoms with E-state index in [1.54, 1.807) is 6.20 Å². The van der Waals surface area contributed by atoms with Gasteiger partial charge in [-0.15, -0.1) is 0 Å². The van der Waals surface area contributed by atoms with Crippen LogP contribution in [0.1, 0.15) is 58.1 Å². The van der Waals surface area contributed by atoms with E-state index in [4.69, 9.17) is 10.5 Å². The molecule has 0 saturated heterocycles. The van der Waals surface area contributed by atoms with Crippen LogP contribution >= 0.6 is 0 Å². The van der Waals surface area contributed by atoms with Crippen molar-refractivity contribution in [3.63, 3.8) is 0 Å². The molecule has 0 unspecified atom stereocenters. The van der Waals surface area contributed by atoms with Crippen LogP contribution in [0.3, 0.4) is 0 Å². The SMILES string of the molecule is CC(C)n1cc([C@@H]2C(C#N)=C(N)OC3=C2C(=O)CC(C)(C)C3)cn1. The molecule has 126 valence electrons. The van der Waals surface area contributed by atoms with Crippen LogP contribution in [-0.2, 0) is 9.53 Å². The molecular weight excluding hydrogens is 304 g/mol. The number of hydrogen-bond donors (Lipinski definition) is 1. The van der Waals surface area contributed by atoms with Gasteiger partial charge in [0.15, 0.2) is 5.78 Å². The van der Waals surface area contributed by atoms with Crippen molar-refractivity contribution in [1.29, 1.82) is 5.26 Å². The molecule has 0 saturated carbocycles. The van der Waals surface area contributed by atoms with Gasteiger partial charge in [0.05, 0.1) is 12.1 Å². The van der Waals surface area contributed by atoms with Crippen LogP contribution in [0.2, 0.25) is 0 Å². The van der Waals surface area contributed by atoms with E-state index in [0.717, 1.165) is 5.56 Å². The first-order valence-electron chi connectivity index (χ1n) is 8.11. The summed E-state index contributed by atoms with van der Waals surface area (Å²) in [5, 5.41) is 13.9. The van der Waals surface area contributed by atoms with Gasteiger partial charge in [-0.25, -0.2) is 0 Å². The lowest BCUT2D eigenvalue weighted by molar-refractivity contribution is -0.119. The average Bonchev–Trinajstić information content (AvgIpc) is 2.94. The lowest BCUT2D eigenvalue weighted by Crippen LogP contribution is -2.33. The molecule has 1 aromatic heterocycles. The van der Waals surface area contributed by atoms with Crippen LogP contribution < -0.4 is 5.73 Å². The Balaban J connectivity index is 2.14. The Labute approximate surface area is 141 Å². The van der Waals surface area contributed by atoms with Gasteiger partial charge < -0.3 is 10.5 Å². The van der Waals surface area contributed by atoms with Crippen LogP contribution in [-0.4, -0.2) is 15.6 Å². The number of hydrogen-bond acceptors (Lipinski definition) is 5. The van der Waals surface area contributed by atoms with Crippen LogP contribution in [0.15, 0.2) is 35.2 Å². The van der Waals surface area contributed by atoms with E-state index in [-0.39, 0.29) is 28.7 Å². The molecule has 0 fully saturated rings. The van der Waals surface area contributed by atoms with E-state index in [1.165, 1.54) is 0 Å². The van der Waals surface area contributed by atoms with Gasteiger partial charge in [-0.2, -0.15) is 10.4 Å². The second-order valence-electron chi connectivity index (χ2n) is 7.55. The Bertz CT molecular complexity index is 805. The number of nitrogens with two attached hydrogens (primary N) is 1. The molecule has 1 aliphatic carbocycles. The minimum Gasteiger partial charge on any atom is -0.444 e. The number of allylic oxidation sites excluding steroid dienone is 3. The summed E-state index contributed by atoms with van der Waals surface area (Å²) in [6.45, 7) is 8.11. The molecule has 0 bridgehead atoms. The van der Waals surface area contributed by atoms with Gasteiger partial charge in [-0.1, -0.05) is 13.8 Å². The highest BCUT2D eigenvalue weighted by Gasteiger charge is 2.43. The van der Waals surface area contributed by atoms with E-state index < -0.39 is 5.92 Å². The molecule has 0 radical (unpaired) electrons. The zero-order chi connectivity index (χ0) is 17.6. The fourth-order valence-corrected chi connectivity index (χ4v) is 3.40. The molecule has 0 aromatic carbocycles. The summed E-state index contributed by atoms with van der Waals surface area (Å²) < 4.78 is 7.49. The third kappa shape index (κ3) is 2.60. The summed E-state index contributed by atoms with van der Waals surface area (Å²) in [5.74, 6) is 0.206. The van der Waals surface area contributed by atoms with Crippen LogP contribution in [0.4, 0.5) is 0 Å². The summed E-state index contributed by atoms with van der Waals surface area (Å²) in [7, 11) is 0. The van der Waals surface area contributed by atoms with Crippen molar-refractivity contribution in [2.45, 2.75) is 52.5 Å². The topological polar surface area (TPSA) is 93.9 Å². The molecule has 0 amide bonds. The fourth-order valence-electron chi connectivity index (χ4n) is 3.40. The predicted octanol–water partition coefficient (Wildman–Crippen LogP) is 2.91. The summed E-state index contributed by atoms with van der Waals surface area (Å²) >= 11 is 0. The van der Waals surface area contributed by atoms with Crippen molar-refractivity contribution in [2.75, 3.05) is 0 Å². The first-order chi connectivity index (χ1) is 11.2. The van der Waals surface area contributed by atoms with Crippen molar-refractivity contribution in [3.8, 4) is 6.07 Å². The zero-order valence-corrected chi connectivity index (χ0v) is 14.5. The maximum Gasteiger partial charge on any atom is 0.205 e. The highest BCUT2D eigenvalue weighted by atomic mass is 16.5. The van der Waals surface area contributed by atoms with Gasteiger partial charge >= 0.3 is 0 Å². The Kier molecular flexibility index (Phi) is 3.75. The smallest absolute Gasteiger partial charge is 0.205 e. The molecule has 0 spiro atoms. The molecule has 6 nitrogen and oxygen atoms in total. The number of rotatable bonds is 2. The van der Waals surface area contributed by atoms with Crippen molar-refractivity contribution in [1.82, 2.24) is 9.78 Å². The Morgan fingerprint density at radius 2 is 2.17 bits per heavy atom. The number of ketones is 1. The molecule has 3 rings (SSSR count). The minimum absolute atomic E-state index is 0.0174. The lowest BCUT2D eigenvalue weighted by Gasteiger charge is -2.36. The molecular formula is C18H22N4O2. The Hall–Kier alpha value is -2.55. The molecule has 1 atom stereocenters. The molecule has 1 aliphatic heterocycles. The zero-order valence-electron chi connectivity index (χ0n) is 14.5. The fraction of sp³-hybridized carbons (Fsp3) is 0.500. The summed E-state index contributed by atoms with van der Waals surface area (Å²) in [5.41, 5.74) is 7.45. The molecule has 6 heteroatoms. The number of nitriles is 1. The van der Waals surface area contributed by atoms with E-state index in [9.17, 15) is 10.1 Å². The second kappa shape index (κ2) is 5.52. The van der Waals surface area contributed by atoms with Crippen molar-refractivity contribution in [2.24, 2.45) is 11.1 Å². The maximum absolute atomic E-state index is 12.8. The molecule has 1 aromatic rings. The van der Waals surface area contributed by atoms with Gasteiger partial charge in [-0.3, -0.25) is 9.48 Å². The van der Waals surface area contributed by atoms with Gasteiger partial charge in [0.25, 0.3) is 0 Å². The number of carbonyl (C=O) groups is 1. The first-order valence-corrected chi connectivity index (χ1v) is 8.11. The van der Waals surface area contributed by atoms with Gasteiger partial charge in [0.2, 0.25) is 5.88 Å². The van der Waals surface area contributed by atoms with Gasteiger partial charge in [0, 0.05) is 36.2 Å². The Morgan fingerprint density at radius 3 is 2.75 bits per heavy atom. The monoisotopic (exact) mass is 326 g/mol. The van der Waals surface area contributed by atoms with E-state index in [2.05, 4.69) is 11.2 Å². The number of Topliss-reactive ketones (excluding diaryl/α,β-unsaturated/α-hetero) is 1. The third-order valence-corrected chi connectivity index (χ3v) is 4.56. The van der Waals surface area contributed by atoms with Crippen molar-refractivity contribution >= 4 is 5.78 Å². The highest BCUT2D eigenvalue weighted by molar-refractivity contribution is 6.00. The largest absolute Gasteiger partial charge is 0.444 e. The van der Waals surface area contributed by atoms with Crippen molar-refractivity contribution < 1.29 is 9.53 Å². The third-order valence-electron chi connectivity index (χ3n) is 4.56. The quantitative estimate of drug-likeness (QED) is 0.901. The average molecular weight is 326 g/mol. The number of carbonyl (C=O) groups excluding carboxylic acids is 1. The molecule has 2 N–H and O–H groups in total. The second-order valence-corrected chi connectivity index (χ2v) is 7.55. The molecule has 2 heterocycles. The predicted molar refractivity (Wildman–Crippen MR) is 88.3 cm³/mol. The standard InChI is InChI=1S/C18H22N4O2/c1-10(2)22-9-11(8-21-22)15-12(7-19)17(20)24-14-6-18(3,4)5-13(23)16(14)15/h8-10,15H,5-6,20H2,1-4H3/t15-/m1/s1. The van der Waals surface area contributed by atoms with Gasteiger partial charge in [-0.05, 0) is 19.3 Å². The molecule has 24 heavy (non-hydrogen) atoms. The van der Waals surface area contributed by atoms with E-state index >= 15 is 0 Å². The first kappa shape index (κ1) is 16.3. The lowest BCUT2D eigenvalue weighted by atomic mass is 9.70. The summed E-state index contributed by atoms with van der Waals surface area (Å²) in [4.78, 5) is 12.8. The molecule has 2 aliphatic rings. The Morgan fingerprint density at radius 1 is 1.46 bits per heavy atom. The summed E-state index contributed by atoms with van der Waals surface area (Å²) in [6, 6.07) is 2.32. The van der Waals surface area contributed by atoms with E-state index in [0.29, 0.717) is 24.2 Å². The van der Waals surface area contributed by atoms with Gasteiger partial charge in [0.1, 0.15) is 17.4 Å². The number of ether oxygens (including phenoxy) is 1. The van der Waals surface area contributed by atoms with E-state index in [1.807, 2.05) is 38.6 Å². The van der Waals surface area contributed by atoms with Crippen LogP contribution in [0.5, 0.6) is 0 Å². The van der Waals surface area contributed by atoms with Crippen molar-refractivity contribution in [3.05, 3.63) is 40.7 Å². The minimum atomic E-state index is -0.491. The number of nitrogens with zero attached hydrogens (tertiary/aromatic N) is 3. The maximum atomic E-state index is 12.8. The normalized spacial score (nSPS) is 23.2. The van der Waals surface area contributed by atoms with Crippen LogP contribution in [0, 0.1) is 16.7 Å².